The first kappa shape index (κ1) is 22.1. The van der Waals surface area contributed by atoms with Crippen LogP contribution in [0.4, 0.5) is 11.4 Å². The molecule has 0 radical (unpaired) electrons. The number of aryl methyl sites for hydroxylation is 2. The summed E-state index contributed by atoms with van der Waals surface area (Å²) in [6.45, 7) is 3.85. The van der Waals surface area contributed by atoms with E-state index >= 15 is 0 Å². The predicted octanol–water partition coefficient (Wildman–Crippen LogP) is 6.79. The second-order valence-electron chi connectivity index (χ2n) is 8.13. The maximum Gasteiger partial charge on any atom is 0.291 e. The number of anilines is 1. The average molecular weight is 467 g/mol. The largest absolute Gasteiger partial charge is 0.451 e. The number of hydrogen-bond acceptors (Lipinski definition) is 6. The average Bonchev–Trinajstić information content (AvgIpc) is 3.51. The fourth-order valence-electron chi connectivity index (χ4n) is 3.85. The summed E-state index contributed by atoms with van der Waals surface area (Å²) in [5.41, 5.74) is 5.49. The lowest BCUT2D eigenvalue weighted by atomic mass is 10.1. The van der Waals surface area contributed by atoms with Crippen LogP contribution in [0.1, 0.15) is 28.6 Å². The monoisotopic (exact) mass is 467 g/mol. The molecular weight excluding hydrogens is 446 g/mol. The van der Waals surface area contributed by atoms with Crippen molar-refractivity contribution in [3.05, 3.63) is 99.8 Å². The molecule has 0 saturated carbocycles. The Hall–Kier alpha value is -4.72. The molecule has 8 nitrogen and oxygen atoms in total. The van der Waals surface area contributed by atoms with Crippen molar-refractivity contribution in [2.75, 3.05) is 5.32 Å². The Morgan fingerprint density at radius 1 is 1.00 bits per heavy atom. The summed E-state index contributed by atoms with van der Waals surface area (Å²) < 4.78 is 11.6. The van der Waals surface area contributed by atoms with Crippen LogP contribution in [0.3, 0.4) is 0 Å². The molecule has 2 heterocycles. The van der Waals surface area contributed by atoms with Gasteiger partial charge in [-0.2, -0.15) is 0 Å². The first-order valence-corrected chi connectivity index (χ1v) is 11.1. The van der Waals surface area contributed by atoms with Crippen LogP contribution in [0, 0.1) is 17.0 Å². The highest BCUT2D eigenvalue weighted by molar-refractivity contribution is 6.02. The van der Waals surface area contributed by atoms with Crippen molar-refractivity contribution in [3.8, 4) is 22.8 Å². The number of furan rings is 1. The predicted molar refractivity (Wildman–Crippen MR) is 132 cm³/mol. The molecule has 0 aliphatic rings. The summed E-state index contributed by atoms with van der Waals surface area (Å²) in [4.78, 5) is 27.8. The zero-order chi connectivity index (χ0) is 24.5. The Morgan fingerprint density at radius 2 is 1.80 bits per heavy atom. The number of oxazole rings is 1. The summed E-state index contributed by atoms with van der Waals surface area (Å²) in [5, 5.41) is 13.8. The maximum absolute atomic E-state index is 12.7. The molecule has 35 heavy (non-hydrogen) atoms. The molecule has 174 valence electrons. The van der Waals surface area contributed by atoms with Gasteiger partial charge in [-0.15, -0.1) is 0 Å². The molecule has 1 amide bonds. The van der Waals surface area contributed by atoms with Crippen molar-refractivity contribution in [3.63, 3.8) is 0 Å². The van der Waals surface area contributed by atoms with Crippen molar-refractivity contribution >= 4 is 28.4 Å². The van der Waals surface area contributed by atoms with E-state index < -0.39 is 10.8 Å². The number of carbonyl (C=O) groups excluding carboxylic acids is 1. The molecule has 0 fully saturated rings. The molecule has 0 unspecified atom stereocenters. The van der Waals surface area contributed by atoms with Crippen LogP contribution in [0.15, 0.2) is 81.6 Å². The molecule has 0 bridgehead atoms. The number of benzene rings is 3. The molecule has 0 saturated heterocycles. The SMILES string of the molecule is CCc1ccc2oc(-c3ccc(NC(=O)c4ccc(-c5ccc([N+](=O)[O-])cc5C)o4)cc3)nc2c1. The number of nitrogens with one attached hydrogen (secondary N) is 1. The standard InChI is InChI=1S/C27H21N3O5/c1-3-17-4-11-24-22(15-17)29-27(35-24)18-5-7-19(8-6-18)28-26(31)25-13-12-23(34-25)21-10-9-20(30(32)33)14-16(21)2/h4-15H,3H2,1-2H3,(H,28,31). The smallest absolute Gasteiger partial charge is 0.291 e. The topological polar surface area (TPSA) is 111 Å². The van der Waals surface area contributed by atoms with E-state index in [-0.39, 0.29) is 11.4 Å². The Labute approximate surface area is 200 Å². The minimum absolute atomic E-state index is 0.00257. The number of nitrogens with zero attached hydrogens (tertiary/aromatic N) is 2. The number of rotatable bonds is 6. The molecule has 3 aromatic carbocycles. The van der Waals surface area contributed by atoms with Gasteiger partial charge in [0.15, 0.2) is 11.3 Å². The van der Waals surface area contributed by atoms with E-state index in [9.17, 15) is 14.9 Å². The van der Waals surface area contributed by atoms with Crippen molar-refractivity contribution in [1.82, 2.24) is 4.98 Å². The first-order chi connectivity index (χ1) is 16.9. The van der Waals surface area contributed by atoms with Crippen molar-refractivity contribution in [2.24, 2.45) is 0 Å². The van der Waals surface area contributed by atoms with Gasteiger partial charge >= 0.3 is 0 Å². The van der Waals surface area contributed by atoms with Crippen LogP contribution >= 0.6 is 0 Å². The number of hydrogen-bond donors (Lipinski definition) is 1. The van der Waals surface area contributed by atoms with Gasteiger partial charge in [-0.05, 0) is 79.1 Å². The van der Waals surface area contributed by atoms with E-state index in [1.165, 1.54) is 17.7 Å². The number of nitro benzene ring substituents is 1. The van der Waals surface area contributed by atoms with Gasteiger partial charge < -0.3 is 14.2 Å². The number of non-ortho nitro benzene ring substituents is 1. The van der Waals surface area contributed by atoms with Crippen LogP contribution in [-0.2, 0) is 6.42 Å². The number of amides is 1. The zero-order valence-electron chi connectivity index (χ0n) is 19.1. The number of fused-ring (bicyclic) bond motifs is 1. The molecule has 8 heteroatoms. The lowest BCUT2D eigenvalue weighted by Crippen LogP contribution is -2.10. The Balaban J connectivity index is 1.30. The van der Waals surface area contributed by atoms with E-state index in [2.05, 4.69) is 17.2 Å². The minimum atomic E-state index is -0.449. The fourth-order valence-corrected chi connectivity index (χ4v) is 3.85. The molecule has 0 atom stereocenters. The minimum Gasteiger partial charge on any atom is -0.451 e. The summed E-state index contributed by atoms with van der Waals surface area (Å²) >= 11 is 0. The third-order valence-electron chi connectivity index (χ3n) is 5.77. The molecule has 0 aliphatic carbocycles. The van der Waals surface area contributed by atoms with Gasteiger partial charge in [0.1, 0.15) is 11.3 Å². The van der Waals surface area contributed by atoms with Crippen LogP contribution in [0.2, 0.25) is 0 Å². The number of nitro groups is 1. The van der Waals surface area contributed by atoms with Crippen molar-refractivity contribution < 1.29 is 18.6 Å². The van der Waals surface area contributed by atoms with E-state index in [1.807, 2.05) is 30.3 Å². The molecule has 5 rings (SSSR count). The van der Waals surface area contributed by atoms with Crippen LogP contribution in [0.5, 0.6) is 0 Å². The van der Waals surface area contributed by atoms with Crippen LogP contribution in [0.25, 0.3) is 33.9 Å². The first-order valence-electron chi connectivity index (χ1n) is 11.1. The fraction of sp³-hybridized carbons (Fsp3) is 0.111. The van der Waals surface area contributed by atoms with Crippen molar-refractivity contribution in [1.29, 1.82) is 0 Å². The van der Waals surface area contributed by atoms with E-state index in [0.717, 1.165) is 23.1 Å². The van der Waals surface area contributed by atoms with Gasteiger partial charge in [0.2, 0.25) is 5.89 Å². The normalized spacial score (nSPS) is 11.0. The summed E-state index contributed by atoms with van der Waals surface area (Å²) in [6.07, 6.45) is 0.928. The Bertz CT molecular complexity index is 1560. The molecular formula is C27H21N3O5. The van der Waals surface area contributed by atoms with Gasteiger partial charge in [0.25, 0.3) is 11.6 Å². The van der Waals surface area contributed by atoms with Gasteiger partial charge in [-0.3, -0.25) is 14.9 Å². The molecule has 2 aromatic heterocycles. The third-order valence-corrected chi connectivity index (χ3v) is 5.77. The third kappa shape index (κ3) is 4.41. The highest BCUT2D eigenvalue weighted by atomic mass is 16.6. The van der Waals surface area contributed by atoms with E-state index in [4.69, 9.17) is 8.83 Å². The Kier molecular flexibility index (Phi) is 5.62. The van der Waals surface area contributed by atoms with Crippen LogP contribution < -0.4 is 5.32 Å². The summed E-state index contributed by atoms with van der Waals surface area (Å²) in [7, 11) is 0. The summed E-state index contributed by atoms with van der Waals surface area (Å²) in [6, 6.07) is 20.9. The lowest BCUT2D eigenvalue weighted by molar-refractivity contribution is -0.384. The second-order valence-corrected chi connectivity index (χ2v) is 8.13. The zero-order valence-corrected chi connectivity index (χ0v) is 19.1. The Morgan fingerprint density at radius 3 is 2.51 bits per heavy atom. The maximum atomic E-state index is 12.7. The number of aromatic nitrogens is 1. The molecule has 0 aliphatic heterocycles. The van der Waals surface area contributed by atoms with E-state index in [1.54, 1.807) is 37.3 Å². The molecule has 1 N–H and O–H groups in total. The van der Waals surface area contributed by atoms with Gasteiger partial charge in [-0.25, -0.2) is 4.98 Å². The van der Waals surface area contributed by atoms with Gasteiger partial charge in [0.05, 0.1) is 4.92 Å². The quantitative estimate of drug-likeness (QED) is 0.217. The molecule has 0 spiro atoms. The number of carbonyl (C=O) groups is 1. The second kappa shape index (κ2) is 8.90. The lowest BCUT2D eigenvalue weighted by Gasteiger charge is -2.05. The van der Waals surface area contributed by atoms with Crippen LogP contribution in [-0.4, -0.2) is 15.8 Å². The van der Waals surface area contributed by atoms with Gasteiger partial charge in [0, 0.05) is 28.9 Å². The molecule has 5 aromatic rings. The summed E-state index contributed by atoms with van der Waals surface area (Å²) in [5.74, 6) is 0.699. The van der Waals surface area contributed by atoms with E-state index in [0.29, 0.717) is 28.5 Å². The highest BCUT2D eigenvalue weighted by Gasteiger charge is 2.16. The van der Waals surface area contributed by atoms with Gasteiger partial charge in [-0.1, -0.05) is 13.0 Å². The van der Waals surface area contributed by atoms with Crippen molar-refractivity contribution in [2.45, 2.75) is 20.3 Å². The highest BCUT2D eigenvalue weighted by Crippen LogP contribution is 2.29.